The van der Waals surface area contributed by atoms with Crippen LogP contribution < -0.4 is 0 Å². The summed E-state index contributed by atoms with van der Waals surface area (Å²) in [6, 6.07) is 74.7. The largest absolute Gasteiger partial charge is 0.0713 e. The molecule has 0 N–H and O–H groups in total. The maximum absolute atomic E-state index is 2.49. The minimum Gasteiger partial charge on any atom is -0.0622 e. The molecule has 0 saturated heterocycles. The van der Waals surface area contributed by atoms with Crippen LogP contribution in [0.1, 0.15) is 69.8 Å². The monoisotopic (exact) mass is 676 g/mol. The van der Waals surface area contributed by atoms with Gasteiger partial charge in [-0.25, -0.2) is 0 Å². The van der Waals surface area contributed by atoms with Crippen molar-refractivity contribution in [1.82, 2.24) is 0 Å². The first kappa shape index (κ1) is 31.5. The van der Waals surface area contributed by atoms with Crippen molar-refractivity contribution in [2.45, 2.75) is 30.6 Å². The first-order chi connectivity index (χ1) is 26.0. The van der Waals surface area contributed by atoms with Crippen LogP contribution in [0.3, 0.4) is 0 Å². The van der Waals surface area contributed by atoms with Crippen LogP contribution >= 0.6 is 0 Å². The van der Waals surface area contributed by atoms with Crippen molar-refractivity contribution >= 4 is 0 Å². The summed E-state index contributed by atoms with van der Waals surface area (Å²) >= 11 is 0. The second-order valence-corrected chi connectivity index (χ2v) is 15.2. The van der Waals surface area contributed by atoms with E-state index in [4.69, 9.17) is 0 Å². The molecule has 8 aromatic rings. The standard InChI is InChI=1S/C53H40/c1-52(2)47-22-12-9-19-43(47)46-34-31-40(35-50(46)52)51(38-27-25-37(26-28-38)36-15-5-3-6-16-36)39-29-32-42(33-30-39)53(41-17-7-4-8-18-41)48-23-13-10-20-44(48)45-21-11-14-24-49(45)53/h3-35,51H,1-2H3. The molecule has 0 heteroatoms. The predicted octanol–water partition coefficient (Wildman–Crippen LogP) is 13.2. The predicted molar refractivity (Wildman–Crippen MR) is 221 cm³/mol. The zero-order valence-electron chi connectivity index (χ0n) is 30.1. The molecule has 53 heavy (non-hydrogen) atoms. The van der Waals surface area contributed by atoms with E-state index in [9.17, 15) is 0 Å². The van der Waals surface area contributed by atoms with Crippen molar-refractivity contribution < 1.29 is 0 Å². The Kier molecular flexibility index (Phi) is 7.24. The first-order valence-electron chi connectivity index (χ1n) is 18.8. The van der Waals surface area contributed by atoms with Crippen molar-refractivity contribution in [1.29, 1.82) is 0 Å². The van der Waals surface area contributed by atoms with Crippen LogP contribution in [0.15, 0.2) is 200 Å². The van der Waals surface area contributed by atoms with Crippen LogP contribution in [0.4, 0.5) is 0 Å². The van der Waals surface area contributed by atoms with Gasteiger partial charge in [-0.05, 0) is 83.5 Å². The zero-order valence-corrected chi connectivity index (χ0v) is 30.1. The normalized spacial score (nSPS) is 14.8. The molecular formula is C53H40. The van der Waals surface area contributed by atoms with Gasteiger partial charge in [0.1, 0.15) is 0 Å². The Morgan fingerprint density at radius 1 is 0.321 bits per heavy atom. The summed E-state index contributed by atoms with van der Waals surface area (Å²) in [5.41, 5.74) is 19.3. The summed E-state index contributed by atoms with van der Waals surface area (Å²) in [6.45, 7) is 4.75. The fraction of sp³-hybridized carbons (Fsp3) is 0.0943. The van der Waals surface area contributed by atoms with Crippen LogP contribution in [0, 0.1) is 0 Å². The molecular weight excluding hydrogens is 637 g/mol. The molecule has 0 radical (unpaired) electrons. The fourth-order valence-electron chi connectivity index (χ4n) is 9.61. The minimum absolute atomic E-state index is 0.0644. The quantitative estimate of drug-likeness (QED) is 0.154. The molecule has 8 aromatic carbocycles. The van der Waals surface area contributed by atoms with E-state index in [1.807, 2.05) is 0 Å². The smallest absolute Gasteiger partial charge is 0.0622 e. The molecule has 0 aromatic heterocycles. The van der Waals surface area contributed by atoms with Gasteiger partial charge in [0.05, 0.1) is 5.41 Å². The highest BCUT2D eigenvalue weighted by molar-refractivity contribution is 5.86. The summed E-state index contributed by atoms with van der Waals surface area (Å²) in [5.74, 6) is 0.0644. The number of hydrogen-bond acceptors (Lipinski definition) is 0. The van der Waals surface area contributed by atoms with Gasteiger partial charge in [-0.1, -0.05) is 214 Å². The van der Waals surface area contributed by atoms with Crippen molar-refractivity contribution in [3.05, 3.63) is 250 Å². The fourth-order valence-corrected chi connectivity index (χ4v) is 9.61. The number of benzene rings is 8. The Balaban J connectivity index is 1.14. The lowest BCUT2D eigenvalue weighted by atomic mass is 9.67. The molecule has 10 rings (SSSR count). The highest BCUT2D eigenvalue weighted by atomic mass is 14.5. The van der Waals surface area contributed by atoms with Crippen LogP contribution in [-0.2, 0) is 10.8 Å². The molecule has 0 saturated carbocycles. The third kappa shape index (κ3) is 4.75. The molecule has 1 atom stereocenters. The highest BCUT2D eigenvalue weighted by Gasteiger charge is 2.46. The van der Waals surface area contributed by atoms with Gasteiger partial charge < -0.3 is 0 Å². The van der Waals surface area contributed by atoms with E-state index in [0.717, 1.165) is 0 Å². The van der Waals surface area contributed by atoms with Crippen molar-refractivity contribution in [3.63, 3.8) is 0 Å². The zero-order chi connectivity index (χ0) is 35.6. The topological polar surface area (TPSA) is 0 Å². The van der Waals surface area contributed by atoms with Crippen molar-refractivity contribution in [2.75, 3.05) is 0 Å². The van der Waals surface area contributed by atoms with Crippen LogP contribution in [0.2, 0.25) is 0 Å². The third-order valence-corrected chi connectivity index (χ3v) is 12.1. The van der Waals surface area contributed by atoms with Gasteiger partial charge in [0.25, 0.3) is 0 Å². The van der Waals surface area contributed by atoms with Crippen molar-refractivity contribution in [2.24, 2.45) is 0 Å². The van der Waals surface area contributed by atoms with E-state index < -0.39 is 5.41 Å². The van der Waals surface area contributed by atoms with E-state index in [0.29, 0.717) is 0 Å². The van der Waals surface area contributed by atoms with Crippen LogP contribution in [0.5, 0.6) is 0 Å². The third-order valence-electron chi connectivity index (χ3n) is 12.1. The van der Waals surface area contributed by atoms with Gasteiger partial charge in [-0.3, -0.25) is 0 Å². The summed E-state index contributed by atoms with van der Waals surface area (Å²) < 4.78 is 0. The molecule has 0 nitrogen and oxygen atoms in total. The Labute approximate surface area is 313 Å². The molecule has 252 valence electrons. The molecule has 0 bridgehead atoms. The second-order valence-electron chi connectivity index (χ2n) is 15.2. The second kappa shape index (κ2) is 12.2. The van der Waals surface area contributed by atoms with E-state index in [1.54, 1.807) is 0 Å². The lowest BCUT2D eigenvalue weighted by Gasteiger charge is -2.34. The van der Waals surface area contributed by atoms with Gasteiger partial charge in [0, 0.05) is 11.3 Å². The summed E-state index contributed by atoms with van der Waals surface area (Å²) in [5, 5.41) is 0. The molecule has 2 aliphatic rings. The molecule has 1 unspecified atom stereocenters. The summed E-state index contributed by atoms with van der Waals surface area (Å²) in [7, 11) is 0. The molecule has 0 fully saturated rings. The minimum atomic E-state index is -0.414. The van der Waals surface area contributed by atoms with Crippen LogP contribution in [-0.4, -0.2) is 0 Å². The molecule has 0 spiro atoms. The number of rotatable bonds is 6. The average molecular weight is 677 g/mol. The van der Waals surface area contributed by atoms with Crippen molar-refractivity contribution in [3.8, 4) is 33.4 Å². The van der Waals surface area contributed by atoms with Gasteiger partial charge in [0.2, 0.25) is 0 Å². The Morgan fingerprint density at radius 3 is 1.34 bits per heavy atom. The Bertz CT molecular complexity index is 2560. The van der Waals surface area contributed by atoms with Gasteiger partial charge >= 0.3 is 0 Å². The van der Waals surface area contributed by atoms with Gasteiger partial charge in [-0.15, -0.1) is 0 Å². The molecule has 0 heterocycles. The van der Waals surface area contributed by atoms with Crippen LogP contribution in [0.25, 0.3) is 33.4 Å². The summed E-state index contributed by atoms with van der Waals surface area (Å²) in [4.78, 5) is 0. The highest BCUT2D eigenvalue weighted by Crippen LogP contribution is 2.56. The summed E-state index contributed by atoms with van der Waals surface area (Å²) in [6.07, 6.45) is 0. The average Bonchev–Trinajstić information content (AvgIpc) is 3.65. The van der Waals surface area contributed by atoms with Gasteiger partial charge in [-0.2, -0.15) is 0 Å². The maximum atomic E-state index is 2.49. The van der Waals surface area contributed by atoms with E-state index in [2.05, 4.69) is 214 Å². The molecule has 2 aliphatic carbocycles. The molecule has 0 aliphatic heterocycles. The van der Waals surface area contributed by atoms with E-state index in [-0.39, 0.29) is 11.3 Å². The molecule has 0 amide bonds. The Hall–Kier alpha value is -6.24. The number of hydrogen-bond donors (Lipinski definition) is 0. The SMILES string of the molecule is CC1(C)c2ccccc2-c2ccc(C(c3ccc(-c4ccccc4)cc3)c3ccc(C4(c5ccccc5)c5ccccc5-c5ccccc54)cc3)cc21. The maximum Gasteiger partial charge on any atom is 0.0713 e. The Morgan fingerprint density at radius 2 is 0.736 bits per heavy atom. The van der Waals surface area contributed by atoms with E-state index in [1.165, 1.54) is 83.5 Å². The number of fused-ring (bicyclic) bond motifs is 6. The first-order valence-corrected chi connectivity index (χ1v) is 18.8. The van der Waals surface area contributed by atoms with Gasteiger partial charge in [0.15, 0.2) is 0 Å². The lowest BCUT2D eigenvalue weighted by Crippen LogP contribution is -2.28. The van der Waals surface area contributed by atoms with E-state index >= 15 is 0 Å². The lowest BCUT2D eigenvalue weighted by molar-refractivity contribution is 0.659.